The van der Waals surface area contributed by atoms with Crippen LogP contribution in [-0.4, -0.2) is 61.7 Å². The summed E-state index contributed by atoms with van der Waals surface area (Å²) in [4.78, 5) is 34.4. The summed E-state index contributed by atoms with van der Waals surface area (Å²) in [6, 6.07) is 20.7. The second kappa shape index (κ2) is 17.1. The van der Waals surface area contributed by atoms with Gasteiger partial charge >= 0.3 is 0 Å². The van der Waals surface area contributed by atoms with Crippen LogP contribution in [0.3, 0.4) is 0 Å². The molecule has 0 aliphatic heterocycles. The molecule has 6 N–H and O–H groups in total. The summed E-state index contributed by atoms with van der Waals surface area (Å²) in [7, 11) is 1.58. The van der Waals surface area contributed by atoms with Crippen molar-refractivity contribution in [3.63, 3.8) is 0 Å². The molecule has 5 heterocycles. The third kappa shape index (κ3) is 8.92. The quantitative estimate of drug-likeness (QED) is 0.0789. The Hall–Kier alpha value is -5.90. The SMILES string of the molecule is CNC(=O)c1ccc(Oc2ccc3nc(NCC4CCCCC4C4CC[C@@H](O)[C@H](Nc5nc6ccc(Oc7cncc(-c8ccc(N)nc8)c7)cc6s5)C4)sc3c2)cn1. The number of aromatic nitrogens is 5. The van der Waals surface area contributed by atoms with E-state index < -0.39 is 6.10 Å². The third-order valence-electron chi connectivity index (χ3n) is 11.5. The van der Waals surface area contributed by atoms with E-state index in [0.717, 1.165) is 67.6 Å². The Balaban J connectivity index is 0.818. The highest BCUT2D eigenvalue weighted by atomic mass is 32.1. The van der Waals surface area contributed by atoms with Crippen molar-refractivity contribution in [1.82, 2.24) is 30.2 Å². The van der Waals surface area contributed by atoms with Crippen LogP contribution in [0.4, 0.5) is 16.1 Å². The molecule has 2 aliphatic rings. The van der Waals surface area contributed by atoms with E-state index in [0.29, 0.717) is 52.3 Å². The molecule has 0 saturated heterocycles. The number of anilines is 3. The van der Waals surface area contributed by atoms with E-state index in [1.165, 1.54) is 25.7 Å². The fourth-order valence-corrected chi connectivity index (χ4v) is 10.3. The number of fused-ring (bicyclic) bond motifs is 2. The summed E-state index contributed by atoms with van der Waals surface area (Å²) in [5.41, 5.74) is 9.70. The molecule has 3 unspecified atom stereocenters. The van der Waals surface area contributed by atoms with Crippen molar-refractivity contribution in [3.8, 4) is 34.1 Å². The summed E-state index contributed by atoms with van der Waals surface area (Å²) in [6.45, 7) is 0.871. The van der Waals surface area contributed by atoms with Crippen LogP contribution in [0.15, 0.2) is 91.5 Å². The molecule has 0 spiro atoms. The largest absolute Gasteiger partial charge is 0.456 e. The van der Waals surface area contributed by atoms with Crippen LogP contribution in [0.1, 0.15) is 55.4 Å². The van der Waals surface area contributed by atoms with Gasteiger partial charge in [-0.3, -0.25) is 9.78 Å². The number of rotatable bonds is 12. The molecule has 2 aliphatic carbocycles. The Bertz CT molecular complexity index is 2560. The molecule has 7 aromatic rings. The Morgan fingerprint density at radius 3 is 2.27 bits per heavy atom. The molecule has 15 heteroatoms. The first-order valence-corrected chi connectivity index (χ1v) is 21.7. The van der Waals surface area contributed by atoms with Crippen LogP contribution in [0.2, 0.25) is 0 Å². The molecule has 0 bridgehead atoms. The smallest absolute Gasteiger partial charge is 0.269 e. The zero-order valence-corrected chi connectivity index (χ0v) is 34.1. The molecule has 0 radical (unpaired) electrons. The van der Waals surface area contributed by atoms with Crippen LogP contribution in [0.5, 0.6) is 23.0 Å². The van der Waals surface area contributed by atoms with Crippen molar-refractivity contribution in [2.75, 3.05) is 30.0 Å². The maximum atomic E-state index is 11.8. The van der Waals surface area contributed by atoms with Gasteiger partial charge in [0.1, 0.15) is 34.5 Å². The van der Waals surface area contributed by atoms with Crippen molar-refractivity contribution in [1.29, 1.82) is 0 Å². The fraction of sp³-hybridized carbons (Fsp3) is 0.318. The van der Waals surface area contributed by atoms with Gasteiger partial charge in [0.2, 0.25) is 0 Å². The van der Waals surface area contributed by atoms with Gasteiger partial charge in [0.05, 0.1) is 45.0 Å². The van der Waals surface area contributed by atoms with Crippen molar-refractivity contribution in [2.24, 2.45) is 17.8 Å². The van der Waals surface area contributed by atoms with Gasteiger partial charge in [-0.25, -0.2) is 19.9 Å². The first-order chi connectivity index (χ1) is 28.8. The minimum atomic E-state index is -0.428. The second-order valence-corrected chi connectivity index (χ2v) is 17.4. The number of hydrogen-bond donors (Lipinski definition) is 5. The zero-order valence-electron chi connectivity index (χ0n) is 32.5. The number of thiazole rings is 2. The van der Waals surface area contributed by atoms with Crippen molar-refractivity contribution >= 4 is 65.1 Å². The summed E-state index contributed by atoms with van der Waals surface area (Å²) in [5.74, 6) is 4.41. The van der Waals surface area contributed by atoms with Crippen molar-refractivity contribution in [3.05, 3.63) is 97.2 Å². The number of benzene rings is 2. The molecule has 2 fully saturated rings. The number of nitrogens with zero attached hydrogens (tertiary/aromatic N) is 5. The van der Waals surface area contributed by atoms with Crippen LogP contribution in [0, 0.1) is 17.8 Å². The number of pyridine rings is 3. The molecular weight excluding hydrogens is 783 g/mol. The van der Waals surface area contributed by atoms with Crippen molar-refractivity contribution in [2.45, 2.75) is 57.1 Å². The number of carbonyl (C=O) groups is 1. The highest BCUT2D eigenvalue weighted by Gasteiger charge is 2.38. The lowest BCUT2D eigenvalue weighted by Gasteiger charge is -2.42. The van der Waals surface area contributed by atoms with E-state index in [2.05, 4.69) is 30.9 Å². The normalized spacial score (nSPS) is 20.6. The Kier molecular flexibility index (Phi) is 11.2. The molecular formula is C44H45N9O4S2. The van der Waals surface area contributed by atoms with Gasteiger partial charge in [0, 0.05) is 49.2 Å². The predicted octanol–water partition coefficient (Wildman–Crippen LogP) is 9.14. The highest BCUT2D eigenvalue weighted by molar-refractivity contribution is 7.22. The molecule has 13 nitrogen and oxygen atoms in total. The maximum Gasteiger partial charge on any atom is 0.269 e. The molecule has 2 saturated carbocycles. The number of hydrogen-bond acceptors (Lipinski definition) is 14. The second-order valence-electron chi connectivity index (χ2n) is 15.3. The van der Waals surface area contributed by atoms with E-state index in [1.807, 2.05) is 48.5 Å². The van der Waals surface area contributed by atoms with E-state index in [9.17, 15) is 9.90 Å². The highest BCUT2D eigenvalue weighted by Crippen LogP contribution is 2.43. The van der Waals surface area contributed by atoms with Crippen LogP contribution in [-0.2, 0) is 0 Å². The Morgan fingerprint density at radius 1 is 0.780 bits per heavy atom. The average molecular weight is 828 g/mol. The van der Waals surface area contributed by atoms with E-state index in [4.69, 9.17) is 25.2 Å². The van der Waals surface area contributed by atoms with E-state index in [-0.39, 0.29) is 11.9 Å². The van der Waals surface area contributed by atoms with Crippen LogP contribution < -0.4 is 31.2 Å². The van der Waals surface area contributed by atoms with Gasteiger partial charge in [0.25, 0.3) is 5.91 Å². The molecule has 2 aromatic carbocycles. The number of carbonyl (C=O) groups excluding carboxylic acids is 1. The molecule has 302 valence electrons. The number of ether oxygens (including phenoxy) is 2. The third-order valence-corrected chi connectivity index (χ3v) is 13.4. The van der Waals surface area contributed by atoms with Gasteiger partial charge in [0.15, 0.2) is 10.3 Å². The van der Waals surface area contributed by atoms with Gasteiger partial charge in [-0.05, 0) is 104 Å². The summed E-state index contributed by atoms with van der Waals surface area (Å²) in [6.07, 6.45) is 13.9. The molecule has 9 rings (SSSR count). The minimum Gasteiger partial charge on any atom is -0.456 e. The van der Waals surface area contributed by atoms with Gasteiger partial charge < -0.3 is 36.3 Å². The Labute approximate surface area is 349 Å². The first kappa shape index (κ1) is 38.6. The molecule has 59 heavy (non-hydrogen) atoms. The maximum absolute atomic E-state index is 11.8. The minimum absolute atomic E-state index is 0.0672. The number of nitrogens with two attached hydrogens (primary N) is 1. The van der Waals surface area contributed by atoms with Crippen molar-refractivity contribution < 1.29 is 19.4 Å². The standard InChI is InChI=1S/C44H45N9O4S2/c1-46-42(55)36-13-10-31(24-48-36)56-29-8-11-34-39(18-29)58-43(51-34)50-22-27-4-2-3-5-33(27)25-6-14-38(54)37(17-25)53-44-52-35-12-9-30(19-40(35)59-44)57-32-16-28(20-47-23-32)26-7-15-41(45)49-21-26/h7-13,15-16,18-21,23-25,27,33,37-38,54H,2-6,14,17,22H2,1H3,(H2,45,49)(H,46,55)(H,50,51)(H,52,53)/t25?,27?,33?,37-,38-/m1/s1. The lowest BCUT2D eigenvalue weighted by atomic mass is 9.66. The van der Waals surface area contributed by atoms with Crippen LogP contribution >= 0.6 is 22.7 Å². The fourth-order valence-electron chi connectivity index (χ4n) is 8.48. The lowest BCUT2D eigenvalue weighted by molar-refractivity contribution is 0.0546. The monoisotopic (exact) mass is 827 g/mol. The summed E-state index contributed by atoms with van der Waals surface area (Å²) in [5, 5.41) is 22.8. The average Bonchev–Trinajstić information content (AvgIpc) is 3.87. The Morgan fingerprint density at radius 2 is 1.53 bits per heavy atom. The number of aliphatic hydroxyl groups is 1. The number of nitrogens with one attached hydrogen (secondary N) is 3. The summed E-state index contributed by atoms with van der Waals surface area (Å²) >= 11 is 3.20. The molecule has 5 atom stereocenters. The van der Waals surface area contributed by atoms with Gasteiger partial charge in [-0.2, -0.15) is 0 Å². The zero-order chi connectivity index (χ0) is 40.3. The first-order valence-electron chi connectivity index (χ1n) is 20.0. The number of amides is 1. The number of nitrogen functional groups attached to an aromatic ring is 1. The summed E-state index contributed by atoms with van der Waals surface area (Å²) < 4.78 is 14.3. The predicted molar refractivity (Wildman–Crippen MR) is 234 cm³/mol. The lowest BCUT2D eigenvalue weighted by Crippen LogP contribution is -2.43. The van der Waals surface area contributed by atoms with E-state index in [1.54, 1.807) is 72.7 Å². The van der Waals surface area contributed by atoms with E-state index >= 15 is 0 Å². The topological polar surface area (TPSA) is 182 Å². The van der Waals surface area contributed by atoms with Gasteiger partial charge in [-0.15, -0.1) is 0 Å². The van der Waals surface area contributed by atoms with Crippen LogP contribution in [0.25, 0.3) is 31.6 Å². The number of aliphatic hydroxyl groups excluding tert-OH is 1. The van der Waals surface area contributed by atoms with Gasteiger partial charge in [-0.1, -0.05) is 35.5 Å². The molecule has 5 aromatic heterocycles. The molecule has 1 amide bonds.